The zero-order chi connectivity index (χ0) is 13.1. The molecule has 1 N–H and O–H groups in total. The second-order valence-electron chi connectivity index (χ2n) is 5.14. The van der Waals surface area contributed by atoms with E-state index in [0.717, 1.165) is 30.3 Å². The molecule has 98 valence electrons. The highest BCUT2D eigenvalue weighted by Gasteiger charge is 2.20. The van der Waals surface area contributed by atoms with E-state index in [9.17, 15) is 4.79 Å². The van der Waals surface area contributed by atoms with Crippen molar-refractivity contribution < 1.29 is 9.90 Å². The molecule has 18 heavy (non-hydrogen) atoms. The normalized spacial score (nSPS) is 15.2. The minimum atomic E-state index is -0.846. The Balaban J connectivity index is 2.14. The topological polar surface area (TPSA) is 40.5 Å². The van der Waals surface area contributed by atoms with Gasteiger partial charge in [0, 0.05) is 18.8 Å². The summed E-state index contributed by atoms with van der Waals surface area (Å²) in [6.07, 6.45) is 4.03. The van der Waals surface area contributed by atoms with Crippen molar-refractivity contribution in [2.24, 2.45) is 5.92 Å². The van der Waals surface area contributed by atoms with Gasteiger partial charge in [-0.3, -0.25) is 0 Å². The number of hydrogen-bond donors (Lipinski definition) is 1. The first-order chi connectivity index (χ1) is 8.61. The van der Waals surface area contributed by atoms with E-state index in [1.165, 1.54) is 19.3 Å². The standard InChI is InChI=1S/C15H21NO2/c1-3-16(10-12-5-4-6-12)13-7-8-14(15(17)18)11(2)9-13/h7-9,12H,3-6,10H2,1-2H3,(H,17,18). The number of carbonyl (C=O) groups is 1. The highest BCUT2D eigenvalue weighted by Crippen LogP contribution is 2.29. The minimum absolute atomic E-state index is 0.401. The number of carboxylic acid groups (broad SMARTS) is 1. The molecule has 0 amide bonds. The summed E-state index contributed by atoms with van der Waals surface area (Å²) >= 11 is 0. The van der Waals surface area contributed by atoms with Crippen LogP contribution in [0.5, 0.6) is 0 Å². The van der Waals surface area contributed by atoms with Crippen molar-refractivity contribution in [1.82, 2.24) is 0 Å². The first-order valence-corrected chi connectivity index (χ1v) is 6.70. The summed E-state index contributed by atoms with van der Waals surface area (Å²) in [6, 6.07) is 5.64. The molecule has 0 atom stereocenters. The molecule has 0 saturated heterocycles. The molecule has 1 aromatic rings. The summed E-state index contributed by atoms with van der Waals surface area (Å²) in [5.41, 5.74) is 2.39. The quantitative estimate of drug-likeness (QED) is 0.867. The number of nitrogens with zero attached hydrogens (tertiary/aromatic N) is 1. The van der Waals surface area contributed by atoms with Gasteiger partial charge < -0.3 is 10.0 Å². The second kappa shape index (κ2) is 5.42. The molecule has 0 aliphatic heterocycles. The molecular formula is C15H21NO2. The molecule has 0 spiro atoms. The molecule has 0 unspecified atom stereocenters. The Morgan fingerprint density at radius 1 is 1.44 bits per heavy atom. The fourth-order valence-electron chi connectivity index (χ4n) is 2.49. The van der Waals surface area contributed by atoms with E-state index in [2.05, 4.69) is 11.8 Å². The first kappa shape index (κ1) is 12.9. The van der Waals surface area contributed by atoms with E-state index in [0.29, 0.717) is 5.56 Å². The fraction of sp³-hybridized carbons (Fsp3) is 0.533. The van der Waals surface area contributed by atoms with Gasteiger partial charge in [-0.05, 0) is 56.4 Å². The maximum Gasteiger partial charge on any atom is 0.335 e. The van der Waals surface area contributed by atoms with Crippen molar-refractivity contribution in [3.05, 3.63) is 29.3 Å². The Morgan fingerprint density at radius 3 is 2.61 bits per heavy atom. The van der Waals surface area contributed by atoms with Gasteiger partial charge in [-0.15, -0.1) is 0 Å². The minimum Gasteiger partial charge on any atom is -0.478 e. The van der Waals surface area contributed by atoms with E-state index < -0.39 is 5.97 Å². The van der Waals surface area contributed by atoms with Crippen molar-refractivity contribution >= 4 is 11.7 Å². The third-order valence-corrected chi connectivity index (χ3v) is 3.89. The Labute approximate surface area is 108 Å². The average Bonchev–Trinajstić information content (AvgIpc) is 2.27. The van der Waals surface area contributed by atoms with Crippen molar-refractivity contribution in [2.45, 2.75) is 33.1 Å². The summed E-state index contributed by atoms with van der Waals surface area (Å²) in [6.45, 7) is 6.09. The summed E-state index contributed by atoms with van der Waals surface area (Å²) in [4.78, 5) is 13.3. The molecule has 3 heteroatoms. The third kappa shape index (κ3) is 2.66. The maximum absolute atomic E-state index is 11.0. The Hall–Kier alpha value is -1.51. The molecule has 1 saturated carbocycles. The summed E-state index contributed by atoms with van der Waals surface area (Å²) in [5.74, 6) is -0.0227. The Kier molecular flexibility index (Phi) is 3.90. The van der Waals surface area contributed by atoms with Gasteiger partial charge in [0.05, 0.1) is 5.56 Å². The third-order valence-electron chi connectivity index (χ3n) is 3.89. The number of anilines is 1. The predicted molar refractivity (Wildman–Crippen MR) is 73.4 cm³/mol. The summed E-state index contributed by atoms with van der Waals surface area (Å²) in [7, 11) is 0. The lowest BCUT2D eigenvalue weighted by Crippen LogP contribution is -2.32. The summed E-state index contributed by atoms with van der Waals surface area (Å²) < 4.78 is 0. The van der Waals surface area contributed by atoms with Gasteiger partial charge in [0.15, 0.2) is 0 Å². The highest BCUT2D eigenvalue weighted by molar-refractivity contribution is 5.89. The zero-order valence-corrected chi connectivity index (χ0v) is 11.1. The van der Waals surface area contributed by atoms with Gasteiger partial charge in [-0.2, -0.15) is 0 Å². The molecule has 1 aromatic carbocycles. The molecule has 2 rings (SSSR count). The first-order valence-electron chi connectivity index (χ1n) is 6.70. The van der Waals surface area contributed by atoms with Crippen LogP contribution < -0.4 is 4.90 Å². The lowest BCUT2D eigenvalue weighted by Gasteiger charge is -2.33. The largest absolute Gasteiger partial charge is 0.478 e. The number of benzene rings is 1. The second-order valence-corrected chi connectivity index (χ2v) is 5.14. The molecule has 1 aliphatic carbocycles. The Bertz CT molecular complexity index is 438. The molecule has 0 radical (unpaired) electrons. The van der Waals surface area contributed by atoms with Gasteiger partial charge in [-0.25, -0.2) is 4.79 Å². The number of carboxylic acids is 1. The van der Waals surface area contributed by atoms with Gasteiger partial charge in [0.1, 0.15) is 0 Å². The fourth-order valence-corrected chi connectivity index (χ4v) is 2.49. The highest BCUT2D eigenvalue weighted by atomic mass is 16.4. The van der Waals surface area contributed by atoms with Crippen molar-refractivity contribution in [2.75, 3.05) is 18.0 Å². The van der Waals surface area contributed by atoms with E-state index in [1.54, 1.807) is 6.07 Å². The van der Waals surface area contributed by atoms with Crippen LogP contribution in [0.25, 0.3) is 0 Å². The number of aromatic carboxylic acids is 1. The zero-order valence-electron chi connectivity index (χ0n) is 11.1. The smallest absolute Gasteiger partial charge is 0.335 e. The van der Waals surface area contributed by atoms with E-state index >= 15 is 0 Å². The van der Waals surface area contributed by atoms with Crippen LogP contribution in [0.3, 0.4) is 0 Å². The van der Waals surface area contributed by atoms with Crippen LogP contribution in [0.2, 0.25) is 0 Å². The Morgan fingerprint density at radius 2 is 2.17 bits per heavy atom. The maximum atomic E-state index is 11.0. The lowest BCUT2D eigenvalue weighted by atomic mass is 9.85. The molecule has 0 aromatic heterocycles. The number of aryl methyl sites for hydroxylation is 1. The van der Waals surface area contributed by atoms with Crippen LogP contribution in [-0.2, 0) is 0 Å². The van der Waals surface area contributed by atoms with Crippen LogP contribution in [-0.4, -0.2) is 24.2 Å². The molecule has 0 bridgehead atoms. The van der Waals surface area contributed by atoms with Crippen molar-refractivity contribution in [1.29, 1.82) is 0 Å². The van der Waals surface area contributed by atoms with Gasteiger partial charge in [-0.1, -0.05) is 6.42 Å². The van der Waals surface area contributed by atoms with Crippen LogP contribution in [0.4, 0.5) is 5.69 Å². The molecule has 1 aliphatic rings. The van der Waals surface area contributed by atoms with Gasteiger partial charge in [0.2, 0.25) is 0 Å². The monoisotopic (exact) mass is 247 g/mol. The van der Waals surface area contributed by atoms with Gasteiger partial charge in [0.25, 0.3) is 0 Å². The molecule has 0 heterocycles. The van der Waals surface area contributed by atoms with Crippen LogP contribution >= 0.6 is 0 Å². The summed E-state index contributed by atoms with van der Waals surface area (Å²) in [5, 5.41) is 9.03. The van der Waals surface area contributed by atoms with E-state index in [4.69, 9.17) is 5.11 Å². The van der Waals surface area contributed by atoms with Gasteiger partial charge >= 0.3 is 5.97 Å². The van der Waals surface area contributed by atoms with E-state index in [1.807, 2.05) is 19.1 Å². The van der Waals surface area contributed by atoms with Crippen LogP contribution in [0, 0.1) is 12.8 Å². The van der Waals surface area contributed by atoms with Crippen LogP contribution in [0.1, 0.15) is 42.1 Å². The molecule has 3 nitrogen and oxygen atoms in total. The molecular weight excluding hydrogens is 226 g/mol. The van der Waals surface area contributed by atoms with Crippen LogP contribution in [0.15, 0.2) is 18.2 Å². The van der Waals surface area contributed by atoms with Crippen molar-refractivity contribution in [3.63, 3.8) is 0 Å². The average molecular weight is 247 g/mol. The van der Waals surface area contributed by atoms with Crippen molar-refractivity contribution in [3.8, 4) is 0 Å². The van der Waals surface area contributed by atoms with E-state index in [-0.39, 0.29) is 0 Å². The molecule has 1 fully saturated rings. The predicted octanol–water partition coefficient (Wildman–Crippen LogP) is 3.32. The lowest BCUT2D eigenvalue weighted by molar-refractivity contribution is 0.0696. The SMILES string of the molecule is CCN(CC1CCC1)c1ccc(C(=O)O)c(C)c1. The number of hydrogen-bond acceptors (Lipinski definition) is 2. The number of rotatable bonds is 5.